The first kappa shape index (κ1) is 10.1. The Bertz CT molecular complexity index is 225. The monoisotopic (exact) mass is 178 g/mol. The molecule has 1 aliphatic carbocycles. The van der Waals surface area contributed by atoms with Gasteiger partial charge < -0.3 is 5.32 Å². The van der Waals surface area contributed by atoms with Gasteiger partial charge in [-0.15, -0.1) is 0 Å². The Morgan fingerprint density at radius 3 is 2.38 bits per heavy atom. The van der Waals surface area contributed by atoms with Crippen LogP contribution in [-0.2, 0) is 0 Å². The molecule has 0 aromatic rings. The second-order valence-corrected chi connectivity index (χ2v) is 3.95. The van der Waals surface area contributed by atoms with Crippen molar-refractivity contribution in [2.24, 2.45) is 0 Å². The van der Waals surface area contributed by atoms with E-state index in [0.717, 1.165) is 18.5 Å². The summed E-state index contributed by atoms with van der Waals surface area (Å²) in [4.78, 5) is 0. The van der Waals surface area contributed by atoms with Crippen LogP contribution in [0.5, 0.6) is 0 Å². The van der Waals surface area contributed by atoms with Crippen molar-refractivity contribution in [1.82, 2.24) is 5.32 Å². The molecule has 0 spiro atoms. The highest BCUT2D eigenvalue weighted by Gasteiger charge is 2.11. The molecule has 1 fully saturated rings. The number of rotatable bonds is 2. The third kappa shape index (κ3) is 3.10. The summed E-state index contributed by atoms with van der Waals surface area (Å²) in [5, 5.41) is 12.2. The first-order chi connectivity index (χ1) is 6.24. The van der Waals surface area contributed by atoms with Crippen molar-refractivity contribution < 1.29 is 0 Å². The molecule has 13 heavy (non-hydrogen) atoms. The third-order valence-corrected chi connectivity index (χ3v) is 2.36. The van der Waals surface area contributed by atoms with Gasteiger partial charge in [-0.1, -0.05) is 6.42 Å². The standard InChI is InChI=1S/C11H18N2/c1-9(2)13-11(8-12)10-6-4-3-5-7-10/h9,13H,3-7H2,1-2H3. The molecule has 72 valence electrons. The quantitative estimate of drug-likeness (QED) is 0.660. The second kappa shape index (κ2) is 4.91. The van der Waals surface area contributed by atoms with E-state index in [0.29, 0.717) is 6.04 Å². The van der Waals surface area contributed by atoms with E-state index >= 15 is 0 Å². The summed E-state index contributed by atoms with van der Waals surface area (Å²) in [5.41, 5.74) is 2.16. The molecular weight excluding hydrogens is 160 g/mol. The lowest BCUT2D eigenvalue weighted by Crippen LogP contribution is -2.23. The van der Waals surface area contributed by atoms with Crippen LogP contribution in [0, 0.1) is 11.3 Å². The average molecular weight is 178 g/mol. The summed E-state index contributed by atoms with van der Waals surface area (Å²) in [6.07, 6.45) is 6.05. The summed E-state index contributed by atoms with van der Waals surface area (Å²) >= 11 is 0. The van der Waals surface area contributed by atoms with E-state index in [-0.39, 0.29) is 0 Å². The number of hydrogen-bond donors (Lipinski definition) is 1. The van der Waals surface area contributed by atoms with Crippen LogP contribution in [0.25, 0.3) is 0 Å². The molecule has 0 aliphatic heterocycles. The van der Waals surface area contributed by atoms with Gasteiger partial charge in [-0.3, -0.25) is 0 Å². The van der Waals surface area contributed by atoms with Gasteiger partial charge in [-0.25, -0.2) is 0 Å². The Balaban J connectivity index is 2.66. The first-order valence-electron chi connectivity index (χ1n) is 5.12. The lowest BCUT2D eigenvalue weighted by molar-refractivity contribution is 0.579. The lowest BCUT2D eigenvalue weighted by atomic mass is 9.93. The fraction of sp³-hybridized carbons (Fsp3) is 0.727. The van der Waals surface area contributed by atoms with Gasteiger partial charge in [0.2, 0.25) is 0 Å². The van der Waals surface area contributed by atoms with Gasteiger partial charge in [0.1, 0.15) is 11.8 Å². The van der Waals surface area contributed by atoms with Crippen LogP contribution in [0.15, 0.2) is 11.3 Å². The van der Waals surface area contributed by atoms with Crippen molar-refractivity contribution in [3.8, 4) is 6.07 Å². The Hall–Kier alpha value is -0.970. The van der Waals surface area contributed by atoms with Gasteiger partial charge in [0, 0.05) is 6.04 Å². The molecule has 2 heteroatoms. The molecule has 0 amide bonds. The van der Waals surface area contributed by atoms with Crippen LogP contribution >= 0.6 is 0 Å². The Kier molecular flexibility index (Phi) is 3.82. The molecule has 0 atom stereocenters. The maximum Gasteiger partial charge on any atom is 0.117 e. The van der Waals surface area contributed by atoms with Crippen LogP contribution < -0.4 is 5.32 Å². The van der Waals surface area contributed by atoms with Crippen LogP contribution in [0.3, 0.4) is 0 Å². The molecule has 1 saturated carbocycles. The fourth-order valence-corrected chi connectivity index (χ4v) is 1.73. The SMILES string of the molecule is CC(C)NC(C#N)=C1CCCCC1. The molecule has 0 aromatic heterocycles. The van der Waals surface area contributed by atoms with E-state index < -0.39 is 0 Å². The number of nitrogens with zero attached hydrogens (tertiary/aromatic N) is 1. The highest BCUT2D eigenvalue weighted by molar-refractivity contribution is 5.27. The Labute approximate surface area is 80.6 Å². The normalized spacial score (nSPS) is 16.9. The minimum atomic E-state index is 0.365. The molecule has 1 rings (SSSR count). The van der Waals surface area contributed by atoms with Crippen molar-refractivity contribution in [3.63, 3.8) is 0 Å². The summed E-state index contributed by atoms with van der Waals surface area (Å²) in [5.74, 6) is 0. The Morgan fingerprint density at radius 1 is 1.31 bits per heavy atom. The molecule has 2 nitrogen and oxygen atoms in total. The van der Waals surface area contributed by atoms with Crippen LogP contribution in [0.2, 0.25) is 0 Å². The Morgan fingerprint density at radius 2 is 1.92 bits per heavy atom. The number of allylic oxidation sites excluding steroid dienone is 2. The molecule has 0 bridgehead atoms. The minimum Gasteiger partial charge on any atom is -0.374 e. The van der Waals surface area contributed by atoms with Gasteiger partial charge in [0.25, 0.3) is 0 Å². The summed E-state index contributed by atoms with van der Waals surface area (Å²) in [6.45, 7) is 4.14. The van der Waals surface area contributed by atoms with Gasteiger partial charge in [-0.2, -0.15) is 5.26 Å². The van der Waals surface area contributed by atoms with Gasteiger partial charge in [0.15, 0.2) is 0 Å². The lowest BCUT2D eigenvalue weighted by Gasteiger charge is -2.17. The maximum atomic E-state index is 8.96. The van der Waals surface area contributed by atoms with Crippen molar-refractivity contribution in [3.05, 3.63) is 11.3 Å². The molecule has 1 N–H and O–H groups in total. The zero-order valence-electron chi connectivity index (χ0n) is 8.56. The molecule has 0 heterocycles. The van der Waals surface area contributed by atoms with E-state index in [1.165, 1.54) is 24.8 Å². The molecule has 1 aliphatic rings. The van der Waals surface area contributed by atoms with Crippen molar-refractivity contribution in [2.45, 2.75) is 52.0 Å². The predicted molar refractivity (Wildman–Crippen MR) is 54.0 cm³/mol. The van der Waals surface area contributed by atoms with Crippen LogP contribution in [0.1, 0.15) is 46.0 Å². The minimum absolute atomic E-state index is 0.365. The zero-order valence-corrected chi connectivity index (χ0v) is 8.56. The largest absolute Gasteiger partial charge is 0.374 e. The third-order valence-electron chi connectivity index (χ3n) is 2.36. The molecule has 0 saturated heterocycles. The maximum absolute atomic E-state index is 8.96. The smallest absolute Gasteiger partial charge is 0.117 e. The molecule has 0 radical (unpaired) electrons. The highest BCUT2D eigenvalue weighted by Crippen LogP contribution is 2.24. The summed E-state index contributed by atoms with van der Waals surface area (Å²) in [7, 11) is 0. The topological polar surface area (TPSA) is 35.8 Å². The van der Waals surface area contributed by atoms with Crippen molar-refractivity contribution in [1.29, 1.82) is 5.26 Å². The van der Waals surface area contributed by atoms with E-state index in [1.54, 1.807) is 0 Å². The average Bonchev–Trinajstić information content (AvgIpc) is 2.15. The molecule has 0 unspecified atom stereocenters. The summed E-state index contributed by atoms with van der Waals surface area (Å²) in [6, 6.07) is 2.64. The van der Waals surface area contributed by atoms with Gasteiger partial charge in [0.05, 0.1) is 0 Å². The molecular formula is C11H18N2. The number of nitriles is 1. The van der Waals surface area contributed by atoms with Crippen LogP contribution in [0.4, 0.5) is 0 Å². The van der Waals surface area contributed by atoms with E-state index in [2.05, 4.69) is 25.2 Å². The van der Waals surface area contributed by atoms with Crippen molar-refractivity contribution >= 4 is 0 Å². The van der Waals surface area contributed by atoms with Crippen molar-refractivity contribution in [2.75, 3.05) is 0 Å². The first-order valence-corrected chi connectivity index (χ1v) is 5.12. The summed E-state index contributed by atoms with van der Waals surface area (Å²) < 4.78 is 0. The van der Waals surface area contributed by atoms with Gasteiger partial charge >= 0.3 is 0 Å². The number of nitrogens with one attached hydrogen (secondary N) is 1. The fourth-order valence-electron chi connectivity index (χ4n) is 1.73. The van der Waals surface area contributed by atoms with E-state index in [9.17, 15) is 0 Å². The van der Waals surface area contributed by atoms with E-state index in [1.807, 2.05) is 0 Å². The predicted octanol–water partition coefficient (Wildman–Crippen LogP) is 2.73. The van der Waals surface area contributed by atoms with Gasteiger partial charge in [-0.05, 0) is 45.1 Å². The number of hydrogen-bond acceptors (Lipinski definition) is 2. The highest BCUT2D eigenvalue weighted by atomic mass is 14.9. The zero-order chi connectivity index (χ0) is 9.68. The van der Waals surface area contributed by atoms with E-state index in [4.69, 9.17) is 5.26 Å². The van der Waals surface area contributed by atoms with Crippen LogP contribution in [-0.4, -0.2) is 6.04 Å². The molecule has 0 aromatic carbocycles. The second-order valence-electron chi connectivity index (χ2n) is 3.95.